The molecule has 1 N–H and O–H groups in total. The van der Waals surface area contributed by atoms with Crippen molar-refractivity contribution < 1.29 is 18.8 Å². The molecule has 1 saturated heterocycles. The molecular weight excluding hydrogens is 330 g/mol. The molecule has 3 heterocycles. The number of amides is 1. The first-order valence-corrected chi connectivity index (χ1v) is 8.76. The predicted molar refractivity (Wildman–Crippen MR) is 88.1 cm³/mol. The number of hydrogen-bond donors (Lipinski definition) is 1. The number of nitrogens with zero attached hydrogens (tertiary/aromatic N) is 2. The average molecular weight is 351 g/mol. The molecule has 1 aliphatic heterocycles. The van der Waals surface area contributed by atoms with Crippen LogP contribution in [0.4, 0.5) is 0 Å². The molecule has 24 heavy (non-hydrogen) atoms. The zero-order valence-corrected chi connectivity index (χ0v) is 14.8. The molecule has 0 aromatic carbocycles. The second-order valence-electron chi connectivity index (χ2n) is 5.86. The van der Waals surface area contributed by atoms with Crippen molar-refractivity contribution in [2.24, 2.45) is 0 Å². The summed E-state index contributed by atoms with van der Waals surface area (Å²) in [4.78, 5) is 17.2. The van der Waals surface area contributed by atoms with E-state index in [-0.39, 0.29) is 18.1 Å². The molecule has 1 fully saturated rings. The van der Waals surface area contributed by atoms with Gasteiger partial charge in [0.05, 0.1) is 36.2 Å². The summed E-state index contributed by atoms with van der Waals surface area (Å²) in [7, 11) is 0. The van der Waals surface area contributed by atoms with Crippen LogP contribution < -0.4 is 5.32 Å². The van der Waals surface area contributed by atoms with E-state index in [1.165, 1.54) is 11.3 Å². The van der Waals surface area contributed by atoms with Gasteiger partial charge >= 0.3 is 0 Å². The fourth-order valence-electron chi connectivity index (χ4n) is 2.69. The van der Waals surface area contributed by atoms with Crippen LogP contribution in [0.2, 0.25) is 0 Å². The SMILES string of the molecule is Cc1ncsc1C(=O)N[C@@H]1CCOC[C@H]1OCc1c(C)noc1C. The minimum Gasteiger partial charge on any atom is -0.379 e. The highest BCUT2D eigenvalue weighted by Gasteiger charge is 2.29. The molecule has 3 rings (SSSR count). The van der Waals surface area contributed by atoms with Crippen molar-refractivity contribution in [3.8, 4) is 0 Å². The lowest BCUT2D eigenvalue weighted by molar-refractivity contribution is -0.0738. The maximum atomic E-state index is 12.4. The summed E-state index contributed by atoms with van der Waals surface area (Å²) in [6.45, 7) is 7.04. The van der Waals surface area contributed by atoms with Gasteiger partial charge in [-0.3, -0.25) is 4.79 Å². The molecule has 2 aromatic rings. The van der Waals surface area contributed by atoms with Crippen molar-refractivity contribution >= 4 is 17.2 Å². The van der Waals surface area contributed by atoms with Crippen molar-refractivity contribution in [3.05, 3.63) is 33.1 Å². The van der Waals surface area contributed by atoms with Crippen LogP contribution >= 0.6 is 11.3 Å². The molecule has 0 aliphatic carbocycles. The van der Waals surface area contributed by atoms with Crippen LogP contribution in [0.25, 0.3) is 0 Å². The van der Waals surface area contributed by atoms with E-state index in [2.05, 4.69) is 15.5 Å². The number of thiazole rings is 1. The third-order valence-corrected chi connectivity index (χ3v) is 5.12. The van der Waals surface area contributed by atoms with Crippen LogP contribution in [-0.4, -0.2) is 41.4 Å². The standard InChI is InChI=1S/C16H21N3O4S/c1-9-12(11(3)23-19-9)6-22-14-7-21-5-4-13(14)18-16(20)15-10(2)17-8-24-15/h8,13-14H,4-7H2,1-3H3,(H,18,20)/t13-,14-/m1/s1. The number of nitrogens with one attached hydrogen (secondary N) is 1. The number of aryl methyl sites for hydroxylation is 3. The van der Waals surface area contributed by atoms with Gasteiger partial charge < -0.3 is 19.3 Å². The second-order valence-corrected chi connectivity index (χ2v) is 6.72. The summed E-state index contributed by atoms with van der Waals surface area (Å²) in [6.07, 6.45) is 0.514. The molecule has 2 atom stereocenters. The third-order valence-electron chi connectivity index (χ3n) is 4.20. The lowest BCUT2D eigenvalue weighted by atomic mass is 10.1. The van der Waals surface area contributed by atoms with Crippen molar-refractivity contribution in [3.63, 3.8) is 0 Å². The number of rotatable bonds is 5. The van der Waals surface area contributed by atoms with E-state index in [0.717, 1.165) is 29.1 Å². The smallest absolute Gasteiger partial charge is 0.263 e. The highest BCUT2D eigenvalue weighted by Crippen LogP contribution is 2.19. The second kappa shape index (κ2) is 7.42. The Morgan fingerprint density at radius 2 is 2.25 bits per heavy atom. The summed E-state index contributed by atoms with van der Waals surface area (Å²) >= 11 is 1.35. The molecule has 0 bridgehead atoms. The van der Waals surface area contributed by atoms with E-state index in [9.17, 15) is 4.79 Å². The van der Waals surface area contributed by atoms with E-state index < -0.39 is 0 Å². The number of carbonyl (C=O) groups is 1. The molecule has 0 spiro atoms. The summed E-state index contributed by atoms with van der Waals surface area (Å²) in [6, 6.07) is -0.0896. The van der Waals surface area contributed by atoms with Crippen molar-refractivity contribution in [2.45, 2.75) is 45.9 Å². The van der Waals surface area contributed by atoms with E-state index in [1.54, 1.807) is 5.51 Å². The molecule has 7 nitrogen and oxygen atoms in total. The normalized spacial score (nSPS) is 21.0. The molecule has 0 unspecified atom stereocenters. The molecule has 0 saturated carbocycles. The zero-order valence-electron chi connectivity index (χ0n) is 14.0. The van der Waals surface area contributed by atoms with Crippen molar-refractivity contribution in [1.29, 1.82) is 0 Å². The number of aromatic nitrogens is 2. The Morgan fingerprint density at radius 3 is 2.92 bits per heavy atom. The van der Waals surface area contributed by atoms with Gasteiger partial charge in [0, 0.05) is 12.2 Å². The molecule has 1 aliphatic rings. The van der Waals surface area contributed by atoms with Gasteiger partial charge in [0.1, 0.15) is 16.7 Å². The van der Waals surface area contributed by atoms with Gasteiger partial charge in [-0.2, -0.15) is 0 Å². The van der Waals surface area contributed by atoms with E-state index in [0.29, 0.717) is 24.7 Å². The quantitative estimate of drug-likeness (QED) is 0.888. The Labute approximate surface area is 144 Å². The lowest BCUT2D eigenvalue weighted by Gasteiger charge is -2.32. The monoisotopic (exact) mass is 351 g/mol. The van der Waals surface area contributed by atoms with E-state index >= 15 is 0 Å². The Kier molecular flexibility index (Phi) is 5.27. The first-order valence-electron chi connectivity index (χ1n) is 7.88. The van der Waals surface area contributed by atoms with E-state index in [1.807, 2.05) is 20.8 Å². The largest absolute Gasteiger partial charge is 0.379 e. The topological polar surface area (TPSA) is 86.5 Å². The van der Waals surface area contributed by atoms with Gasteiger partial charge in [0.25, 0.3) is 5.91 Å². The Bertz CT molecular complexity index is 692. The predicted octanol–water partition coefficient (Wildman–Crippen LogP) is 2.16. The highest BCUT2D eigenvalue weighted by atomic mass is 32.1. The highest BCUT2D eigenvalue weighted by molar-refractivity contribution is 7.11. The summed E-state index contributed by atoms with van der Waals surface area (Å²) < 4.78 is 16.7. The molecule has 8 heteroatoms. The van der Waals surface area contributed by atoms with Gasteiger partial charge in [-0.25, -0.2) is 4.98 Å². The third kappa shape index (κ3) is 3.66. The first kappa shape index (κ1) is 17.1. The summed E-state index contributed by atoms with van der Waals surface area (Å²) in [5.74, 6) is 0.651. The van der Waals surface area contributed by atoms with Gasteiger partial charge in [-0.1, -0.05) is 5.16 Å². The van der Waals surface area contributed by atoms with Gasteiger partial charge in [-0.15, -0.1) is 11.3 Å². The number of ether oxygens (including phenoxy) is 2. The summed E-state index contributed by atoms with van der Waals surface area (Å²) in [5.41, 5.74) is 4.20. The van der Waals surface area contributed by atoms with Gasteiger partial charge in [-0.05, 0) is 27.2 Å². The van der Waals surface area contributed by atoms with Gasteiger partial charge in [0.15, 0.2) is 0 Å². The average Bonchev–Trinajstić information content (AvgIpc) is 3.13. The molecule has 1 amide bonds. The minimum atomic E-state index is -0.204. The van der Waals surface area contributed by atoms with Crippen molar-refractivity contribution in [1.82, 2.24) is 15.5 Å². The zero-order chi connectivity index (χ0) is 17.1. The van der Waals surface area contributed by atoms with Crippen LogP contribution in [0, 0.1) is 20.8 Å². The fraction of sp³-hybridized carbons (Fsp3) is 0.562. The maximum Gasteiger partial charge on any atom is 0.263 e. The van der Waals surface area contributed by atoms with Crippen LogP contribution in [0.3, 0.4) is 0 Å². The Morgan fingerprint density at radius 1 is 1.42 bits per heavy atom. The maximum absolute atomic E-state index is 12.4. The Hall–Kier alpha value is -1.77. The first-order chi connectivity index (χ1) is 11.6. The van der Waals surface area contributed by atoms with Crippen LogP contribution in [0.1, 0.15) is 38.8 Å². The minimum absolute atomic E-state index is 0.0896. The number of carbonyl (C=O) groups excluding carboxylic acids is 1. The summed E-state index contributed by atoms with van der Waals surface area (Å²) in [5, 5.41) is 6.99. The molecule has 130 valence electrons. The molecular formula is C16H21N3O4S. The molecule has 2 aromatic heterocycles. The Balaban J connectivity index is 1.63. The van der Waals surface area contributed by atoms with Crippen LogP contribution in [0.15, 0.2) is 10.0 Å². The fourth-order valence-corrected chi connectivity index (χ4v) is 3.40. The van der Waals surface area contributed by atoms with Crippen LogP contribution in [-0.2, 0) is 16.1 Å². The number of hydrogen-bond acceptors (Lipinski definition) is 7. The molecule has 0 radical (unpaired) electrons. The van der Waals surface area contributed by atoms with E-state index in [4.69, 9.17) is 14.0 Å². The lowest BCUT2D eigenvalue weighted by Crippen LogP contribution is -2.49. The van der Waals surface area contributed by atoms with Gasteiger partial charge in [0.2, 0.25) is 0 Å². The van der Waals surface area contributed by atoms with Crippen LogP contribution in [0.5, 0.6) is 0 Å². The van der Waals surface area contributed by atoms with Crippen molar-refractivity contribution in [2.75, 3.05) is 13.2 Å².